The molecule has 0 aliphatic rings. The Balaban J connectivity index is 1.58. The lowest BCUT2D eigenvalue weighted by molar-refractivity contribution is -0.142. The van der Waals surface area contributed by atoms with Gasteiger partial charge in [-0.2, -0.15) is 13.2 Å². The molecule has 0 bridgehead atoms. The SMILES string of the molecule is O=C(COC(=O)/C=C/c1cccc2cccnc12)Nc1ccc(Cl)c(C(F)(F)F)c1. The van der Waals surface area contributed by atoms with Crippen LogP contribution < -0.4 is 5.32 Å². The molecule has 1 amide bonds. The lowest BCUT2D eigenvalue weighted by Crippen LogP contribution is -2.20. The minimum Gasteiger partial charge on any atom is -0.452 e. The van der Waals surface area contributed by atoms with Gasteiger partial charge in [0.2, 0.25) is 0 Å². The van der Waals surface area contributed by atoms with E-state index < -0.39 is 35.2 Å². The van der Waals surface area contributed by atoms with E-state index in [1.165, 1.54) is 12.1 Å². The number of halogens is 4. The number of anilines is 1. The molecule has 0 fully saturated rings. The molecule has 0 radical (unpaired) electrons. The third-order valence-electron chi connectivity index (χ3n) is 3.96. The highest BCUT2D eigenvalue weighted by Gasteiger charge is 2.33. The molecule has 0 spiro atoms. The summed E-state index contributed by atoms with van der Waals surface area (Å²) in [5.74, 6) is -1.58. The number of amides is 1. The first kappa shape index (κ1) is 21.3. The summed E-state index contributed by atoms with van der Waals surface area (Å²) in [4.78, 5) is 28.0. The van der Waals surface area contributed by atoms with Crippen molar-refractivity contribution in [3.8, 4) is 0 Å². The number of alkyl halides is 3. The van der Waals surface area contributed by atoms with Crippen LogP contribution in [-0.2, 0) is 20.5 Å². The van der Waals surface area contributed by atoms with E-state index >= 15 is 0 Å². The Morgan fingerprint density at radius 1 is 1.13 bits per heavy atom. The van der Waals surface area contributed by atoms with Crippen LogP contribution in [0.4, 0.5) is 18.9 Å². The molecule has 154 valence electrons. The highest BCUT2D eigenvalue weighted by Crippen LogP contribution is 2.36. The van der Waals surface area contributed by atoms with Gasteiger partial charge >= 0.3 is 12.1 Å². The Bertz CT molecular complexity index is 1120. The second-order valence-electron chi connectivity index (χ2n) is 6.10. The maximum Gasteiger partial charge on any atom is 0.417 e. The summed E-state index contributed by atoms with van der Waals surface area (Å²) in [5.41, 5.74) is 0.191. The van der Waals surface area contributed by atoms with Gasteiger partial charge in [-0.15, -0.1) is 0 Å². The Kier molecular flexibility index (Phi) is 6.37. The van der Waals surface area contributed by atoms with Crippen LogP contribution in [0, 0.1) is 0 Å². The first-order chi connectivity index (χ1) is 14.2. The summed E-state index contributed by atoms with van der Waals surface area (Å²) in [6.07, 6.45) is -0.389. The third-order valence-corrected chi connectivity index (χ3v) is 4.29. The van der Waals surface area contributed by atoms with Crippen LogP contribution in [0.15, 0.2) is 60.8 Å². The van der Waals surface area contributed by atoms with Crippen LogP contribution in [0.25, 0.3) is 17.0 Å². The van der Waals surface area contributed by atoms with Gasteiger partial charge in [-0.3, -0.25) is 9.78 Å². The zero-order valence-electron chi connectivity index (χ0n) is 15.2. The third kappa shape index (κ3) is 5.36. The number of hydrogen-bond acceptors (Lipinski definition) is 4. The van der Waals surface area contributed by atoms with Crippen molar-refractivity contribution in [3.63, 3.8) is 0 Å². The van der Waals surface area contributed by atoms with E-state index in [1.807, 2.05) is 18.2 Å². The number of benzene rings is 2. The van der Waals surface area contributed by atoms with Crippen molar-refractivity contribution in [2.24, 2.45) is 0 Å². The van der Waals surface area contributed by atoms with E-state index in [4.69, 9.17) is 16.3 Å². The van der Waals surface area contributed by atoms with Gasteiger partial charge < -0.3 is 10.1 Å². The van der Waals surface area contributed by atoms with E-state index in [1.54, 1.807) is 18.3 Å². The quantitative estimate of drug-likeness (QED) is 0.448. The molecular weight excluding hydrogens is 421 g/mol. The number of pyridine rings is 1. The second-order valence-corrected chi connectivity index (χ2v) is 6.51. The molecule has 0 aliphatic carbocycles. The first-order valence-electron chi connectivity index (χ1n) is 8.59. The molecule has 0 saturated heterocycles. The number of hydrogen-bond donors (Lipinski definition) is 1. The predicted octanol–water partition coefficient (Wildman–Crippen LogP) is 5.10. The number of carbonyl (C=O) groups excluding carboxylic acids is 2. The van der Waals surface area contributed by atoms with Crippen molar-refractivity contribution in [2.75, 3.05) is 11.9 Å². The molecule has 1 N–H and O–H groups in total. The van der Waals surface area contributed by atoms with E-state index in [2.05, 4.69) is 10.3 Å². The number of fused-ring (bicyclic) bond motifs is 1. The molecule has 1 heterocycles. The highest BCUT2D eigenvalue weighted by atomic mass is 35.5. The molecule has 2 aromatic carbocycles. The molecule has 1 aromatic heterocycles. The van der Waals surface area contributed by atoms with E-state index in [0.717, 1.165) is 17.5 Å². The molecular formula is C21H14ClF3N2O3. The second kappa shape index (κ2) is 8.96. The summed E-state index contributed by atoms with van der Waals surface area (Å²) in [6, 6.07) is 12.1. The molecule has 3 rings (SSSR count). The van der Waals surface area contributed by atoms with Gasteiger partial charge in [-0.05, 0) is 30.3 Å². The number of para-hydroxylation sites is 1. The molecule has 9 heteroatoms. The molecule has 30 heavy (non-hydrogen) atoms. The van der Waals surface area contributed by atoms with E-state index in [9.17, 15) is 22.8 Å². The van der Waals surface area contributed by atoms with Crippen molar-refractivity contribution in [2.45, 2.75) is 6.18 Å². The Hall–Kier alpha value is -3.39. The average Bonchev–Trinajstić information content (AvgIpc) is 2.71. The standard InChI is InChI=1S/C21H14ClF3N2O3/c22-17-8-7-15(11-16(17)21(23,24)25)27-18(28)12-30-19(29)9-6-14-4-1-3-13-5-2-10-26-20(13)14/h1-11H,12H2,(H,27,28)/b9-6+. The van der Waals surface area contributed by atoms with Crippen molar-refractivity contribution in [1.82, 2.24) is 4.98 Å². The fraction of sp³-hybridized carbons (Fsp3) is 0.0952. The maximum atomic E-state index is 12.9. The summed E-state index contributed by atoms with van der Waals surface area (Å²) < 4.78 is 43.4. The topological polar surface area (TPSA) is 68.3 Å². The number of ether oxygens (including phenoxy) is 1. The van der Waals surface area contributed by atoms with Crippen molar-refractivity contribution in [3.05, 3.63) is 77.0 Å². The number of nitrogens with one attached hydrogen (secondary N) is 1. The van der Waals surface area contributed by atoms with Crippen LogP contribution in [-0.4, -0.2) is 23.5 Å². The fourth-order valence-electron chi connectivity index (χ4n) is 2.62. The molecule has 0 aliphatic heterocycles. The monoisotopic (exact) mass is 434 g/mol. The number of carbonyl (C=O) groups is 2. The molecule has 3 aromatic rings. The van der Waals surface area contributed by atoms with Crippen LogP contribution >= 0.6 is 11.6 Å². The van der Waals surface area contributed by atoms with Gasteiger partial charge in [0.1, 0.15) is 0 Å². The van der Waals surface area contributed by atoms with Gasteiger partial charge in [-0.25, -0.2) is 4.79 Å². The number of nitrogens with zero attached hydrogens (tertiary/aromatic N) is 1. The lowest BCUT2D eigenvalue weighted by atomic mass is 10.1. The lowest BCUT2D eigenvalue weighted by Gasteiger charge is -2.11. The largest absolute Gasteiger partial charge is 0.452 e. The van der Waals surface area contributed by atoms with Crippen molar-refractivity contribution in [1.29, 1.82) is 0 Å². The van der Waals surface area contributed by atoms with Crippen molar-refractivity contribution < 1.29 is 27.5 Å². The van der Waals surface area contributed by atoms with Crippen LogP contribution in [0.5, 0.6) is 0 Å². The molecule has 0 atom stereocenters. The number of rotatable bonds is 5. The number of aromatic nitrogens is 1. The van der Waals surface area contributed by atoms with Crippen molar-refractivity contribution >= 4 is 46.1 Å². The Labute approximate surface area is 174 Å². The Morgan fingerprint density at radius 3 is 2.67 bits per heavy atom. The zero-order valence-corrected chi connectivity index (χ0v) is 16.0. The fourth-order valence-corrected chi connectivity index (χ4v) is 2.85. The van der Waals surface area contributed by atoms with Gasteiger partial charge in [0, 0.05) is 28.9 Å². The van der Waals surface area contributed by atoms with Gasteiger partial charge in [0.15, 0.2) is 6.61 Å². The molecule has 0 saturated carbocycles. The summed E-state index contributed by atoms with van der Waals surface area (Å²) in [5, 5.41) is 2.64. The average molecular weight is 435 g/mol. The molecule has 5 nitrogen and oxygen atoms in total. The van der Waals surface area contributed by atoms with E-state index in [-0.39, 0.29) is 5.69 Å². The smallest absolute Gasteiger partial charge is 0.417 e. The normalized spacial score (nSPS) is 11.6. The first-order valence-corrected chi connectivity index (χ1v) is 8.97. The Morgan fingerprint density at radius 2 is 1.90 bits per heavy atom. The summed E-state index contributed by atoms with van der Waals surface area (Å²) >= 11 is 5.53. The van der Waals surface area contributed by atoms with Gasteiger partial charge in [0.05, 0.1) is 16.1 Å². The highest BCUT2D eigenvalue weighted by molar-refractivity contribution is 6.31. The maximum absolute atomic E-state index is 12.9. The van der Waals surface area contributed by atoms with Gasteiger partial charge in [0.25, 0.3) is 5.91 Å². The minimum absolute atomic E-state index is 0.120. The molecule has 0 unspecified atom stereocenters. The van der Waals surface area contributed by atoms with E-state index in [0.29, 0.717) is 17.1 Å². The predicted molar refractivity (Wildman–Crippen MR) is 107 cm³/mol. The van der Waals surface area contributed by atoms with Crippen LogP contribution in [0.1, 0.15) is 11.1 Å². The summed E-state index contributed by atoms with van der Waals surface area (Å²) in [6.45, 7) is -0.666. The van der Waals surface area contributed by atoms with Crippen LogP contribution in [0.3, 0.4) is 0 Å². The summed E-state index contributed by atoms with van der Waals surface area (Å²) in [7, 11) is 0. The van der Waals surface area contributed by atoms with Gasteiger partial charge in [-0.1, -0.05) is 35.9 Å². The zero-order chi connectivity index (χ0) is 21.7. The number of esters is 1. The van der Waals surface area contributed by atoms with Crippen LogP contribution in [0.2, 0.25) is 5.02 Å². The minimum atomic E-state index is -4.66.